The third-order valence-electron chi connectivity index (χ3n) is 0. The summed E-state index contributed by atoms with van der Waals surface area (Å²) in [5, 5.41) is 0. The minimum absolute atomic E-state index is 0. The van der Waals surface area contributed by atoms with Crippen molar-refractivity contribution in [2.75, 3.05) is 0 Å². The van der Waals surface area contributed by atoms with Crippen LogP contribution in [-0.2, 0) is 44.3 Å². The van der Waals surface area contributed by atoms with Crippen LogP contribution in [0.1, 0.15) is 0 Å². The molecule has 0 aromatic carbocycles. The first-order valence-electron chi connectivity index (χ1n) is 0. The van der Waals surface area contributed by atoms with E-state index in [1.54, 1.807) is 0 Å². The van der Waals surface area contributed by atoms with E-state index in [9.17, 15) is 0 Å². The predicted octanol–water partition coefficient (Wildman–Crippen LogP) is -0.478. The minimum Gasteiger partial charge on any atom is -2.00 e. The van der Waals surface area contributed by atoms with Crippen molar-refractivity contribution < 1.29 is 86.0 Å². The largest absolute Gasteiger partial charge is 5.00 e. The van der Waals surface area contributed by atoms with Gasteiger partial charge in [-0.2, -0.15) is 0 Å². The summed E-state index contributed by atoms with van der Waals surface area (Å²) >= 11 is 0. The molecule has 0 N–H and O–H groups in total. The van der Waals surface area contributed by atoms with Gasteiger partial charge >= 0.3 is 64.1 Å². The Morgan fingerprint density at radius 1 is 0.500 bits per heavy atom. The third kappa shape index (κ3) is 38.2. The van der Waals surface area contributed by atoms with Gasteiger partial charge in [0.05, 0.1) is 0 Å². The monoisotopic (exact) mass is 385 g/mol. The van der Waals surface area contributed by atoms with Crippen LogP contribution in [-0.4, -0.2) is 0 Å². The van der Waals surface area contributed by atoms with Crippen LogP contribution in [0.5, 0.6) is 0 Å². The van der Waals surface area contributed by atoms with Gasteiger partial charge in [-0.05, 0) is 0 Å². The zero-order valence-electron chi connectivity index (χ0n) is 2.58. The molecule has 0 amide bonds. The quantitative estimate of drug-likeness (QED) is 0.536. The molecule has 6 heavy (non-hydrogen) atoms. The van der Waals surface area contributed by atoms with Crippen molar-refractivity contribution in [3.05, 3.63) is 0 Å². The zero-order valence-corrected chi connectivity index (χ0v) is 8.93. The average Bonchev–Trinajstić information content (AvgIpc) is 0. The van der Waals surface area contributed by atoms with Crippen LogP contribution in [0, 0.1) is 41.7 Å². The minimum atomic E-state index is 0. The van der Waals surface area contributed by atoms with Gasteiger partial charge in [-0.15, -0.1) is 0 Å². The molecule has 0 unspecified atom stereocenters. The summed E-state index contributed by atoms with van der Waals surface area (Å²) in [5.41, 5.74) is 0. The van der Waals surface area contributed by atoms with Gasteiger partial charge < -0.3 is 21.9 Å². The van der Waals surface area contributed by atoms with Gasteiger partial charge in [0.25, 0.3) is 0 Å². The molecule has 6 heteroatoms. The molecule has 0 aliphatic carbocycles. The van der Waals surface area contributed by atoms with Crippen LogP contribution >= 0.6 is 0 Å². The van der Waals surface area contributed by atoms with Crippen molar-refractivity contribution in [2.24, 2.45) is 0 Å². The molecule has 0 aromatic rings. The molecule has 0 heterocycles. The fourth-order valence-corrected chi connectivity index (χ4v) is 0. The summed E-state index contributed by atoms with van der Waals surface area (Å²) < 4.78 is 0. The van der Waals surface area contributed by atoms with Gasteiger partial charge in [-0.25, -0.2) is 0 Å². The smallest absolute Gasteiger partial charge is 2.00 e. The van der Waals surface area contributed by atoms with Gasteiger partial charge in [0.15, 0.2) is 0 Å². The maximum Gasteiger partial charge on any atom is 5.00 e. The molecule has 0 fully saturated rings. The fraction of sp³-hybridized carbons (Fsp3) is 0. The molecule has 33 valence electrons. The maximum absolute atomic E-state index is 0. The Morgan fingerprint density at radius 3 is 0.500 bits per heavy atom. The average molecular weight is 385 g/mol. The summed E-state index contributed by atoms with van der Waals surface area (Å²) in [6, 6.07) is 0. The SMILES string of the molecule is [Ce+3].[O-2].[O-2].[O-2].[O-2].[Ta+5]. The Kier molecular flexibility index (Phi) is 1080. The summed E-state index contributed by atoms with van der Waals surface area (Å²) in [5.74, 6) is 0. The topological polar surface area (TPSA) is 114 Å². The molecule has 0 aliphatic heterocycles. The number of hydrogen-bond donors (Lipinski definition) is 0. The Balaban J connectivity index is 0. The van der Waals surface area contributed by atoms with E-state index in [1.807, 2.05) is 0 Å². The summed E-state index contributed by atoms with van der Waals surface area (Å²) in [6.07, 6.45) is 0. The molecule has 0 aliphatic rings. The van der Waals surface area contributed by atoms with E-state index in [0.29, 0.717) is 0 Å². The van der Waals surface area contributed by atoms with E-state index in [2.05, 4.69) is 0 Å². The van der Waals surface area contributed by atoms with Crippen molar-refractivity contribution in [2.45, 2.75) is 0 Å². The van der Waals surface area contributed by atoms with Crippen LogP contribution < -0.4 is 0 Å². The molecule has 0 atom stereocenters. The fourth-order valence-electron chi connectivity index (χ4n) is 0. The standard InChI is InChI=1S/Ce.4O.Ta/q+3;4*-2;+5. The van der Waals surface area contributed by atoms with E-state index in [-0.39, 0.29) is 86.0 Å². The van der Waals surface area contributed by atoms with Crippen molar-refractivity contribution in [3.8, 4) is 0 Å². The molecule has 0 saturated heterocycles. The van der Waals surface area contributed by atoms with E-state index >= 15 is 0 Å². The Hall–Kier alpha value is 1.96. The van der Waals surface area contributed by atoms with Crippen molar-refractivity contribution in [1.29, 1.82) is 0 Å². The summed E-state index contributed by atoms with van der Waals surface area (Å²) in [7, 11) is 0. The van der Waals surface area contributed by atoms with Gasteiger partial charge in [0.2, 0.25) is 0 Å². The molecule has 0 aromatic heterocycles. The van der Waals surface area contributed by atoms with Crippen LogP contribution in [0.3, 0.4) is 0 Å². The number of rotatable bonds is 0. The molecule has 4 nitrogen and oxygen atoms in total. The Bertz CT molecular complexity index is 7.51. The summed E-state index contributed by atoms with van der Waals surface area (Å²) in [6.45, 7) is 0. The second kappa shape index (κ2) is 64.5. The molecule has 0 bridgehead atoms. The molecular formula is CeO4Ta. The Morgan fingerprint density at radius 2 is 0.500 bits per heavy atom. The van der Waals surface area contributed by atoms with E-state index in [0.717, 1.165) is 0 Å². The molecule has 0 rings (SSSR count). The van der Waals surface area contributed by atoms with Crippen LogP contribution in [0.2, 0.25) is 0 Å². The van der Waals surface area contributed by atoms with E-state index in [4.69, 9.17) is 0 Å². The van der Waals surface area contributed by atoms with E-state index in [1.165, 1.54) is 0 Å². The van der Waals surface area contributed by atoms with Gasteiger partial charge in [0.1, 0.15) is 0 Å². The van der Waals surface area contributed by atoms with Crippen LogP contribution in [0.4, 0.5) is 0 Å². The summed E-state index contributed by atoms with van der Waals surface area (Å²) in [4.78, 5) is 0. The second-order valence-electron chi connectivity index (χ2n) is 0. The maximum atomic E-state index is 0. The number of hydrogen-bond acceptors (Lipinski definition) is 0. The molecule has 0 spiro atoms. The van der Waals surface area contributed by atoms with Gasteiger partial charge in [0, 0.05) is 0 Å². The van der Waals surface area contributed by atoms with Crippen molar-refractivity contribution in [1.82, 2.24) is 0 Å². The van der Waals surface area contributed by atoms with Gasteiger partial charge in [-0.3, -0.25) is 0 Å². The first-order valence-corrected chi connectivity index (χ1v) is 0. The first kappa shape index (κ1) is 101. The molecule has 0 saturated carbocycles. The van der Waals surface area contributed by atoms with Crippen LogP contribution in [0.25, 0.3) is 0 Å². The van der Waals surface area contributed by atoms with Crippen molar-refractivity contribution >= 4 is 0 Å². The molecule has 1 radical (unpaired) electrons. The second-order valence-corrected chi connectivity index (χ2v) is 0. The normalized spacial score (nSPS) is 0. The Labute approximate surface area is 84.8 Å². The van der Waals surface area contributed by atoms with Crippen molar-refractivity contribution in [3.63, 3.8) is 0 Å². The van der Waals surface area contributed by atoms with Gasteiger partial charge in [-0.1, -0.05) is 0 Å². The predicted molar refractivity (Wildman–Crippen MR) is 2.75 cm³/mol. The van der Waals surface area contributed by atoms with E-state index < -0.39 is 0 Å². The third-order valence-corrected chi connectivity index (χ3v) is 0. The first-order chi connectivity index (χ1) is 0. The molecular weight excluding hydrogens is 385 g/mol. The zero-order chi connectivity index (χ0) is 0. The van der Waals surface area contributed by atoms with Crippen LogP contribution in [0.15, 0.2) is 0 Å².